The van der Waals surface area contributed by atoms with Gasteiger partial charge in [0.1, 0.15) is 18.2 Å². The molecule has 0 radical (unpaired) electrons. The van der Waals surface area contributed by atoms with E-state index in [1.165, 1.54) is 31.0 Å². The van der Waals surface area contributed by atoms with Crippen molar-refractivity contribution in [3.63, 3.8) is 0 Å². The molecule has 8 heteroatoms. The summed E-state index contributed by atoms with van der Waals surface area (Å²) in [6, 6.07) is 13.4. The Morgan fingerprint density at radius 3 is 2.47 bits per heavy atom. The number of benzene rings is 2. The molecule has 0 N–H and O–H groups in total. The molecule has 5 nitrogen and oxygen atoms in total. The van der Waals surface area contributed by atoms with E-state index >= 15 is 0 Å². The molecule has 164 valence electrons. The molecule has 4 aromatic rings. The molecular formula is C24H20F3N3O2. The first-order chi connectivity index (χ1) is 15.3. The zero-order chi connectivity index (χ0) is 22.5. The van der Waals surface area contributed by atoms with Crippen molar-refractivity contribution in [2.24, 2.45) is 7.05 Å². The van der Waals surface area contributed by atoms with Crippen LogP contribution in [0.3, 0.4) is 0 Å². The Hall–Kier alpha value is -3.55. The molecule has 1 aliphatic carbocycles. The minimum absolute atomic E-state index is 0.0763. The van der Waals surface area contributed by atoms with Crippen LogP contribution < -0.4 is 10.3 Å². The predicted molar refractivity (Wildman–Crippen MR) is 114 cm³/mol. The lowest BCUT2D eigenvalue weighted by molar-refractivity contribution is -0.137. The fourth-order valence-electron chi connectivity index (χ4n) is 3.78. The summed E-state index contributed by atoms with van der Waals surface area (Å²) in [4.78, 5) is 17.4. The second-order valence-corrected chi connectivity index (χ2v) is 8.03. The standard InChI is InChI=1S/C24H20F3N3O2/c1-29-21-13-18(6-9-20(21)28-23(29)16-2-3-16)30-11-10-15(12-22(30)31)14-32-19-7-4-17(5-8-19)24(25,26)27/h4-13,16H,2-3,14H2,1H3. The van der Waals surface area contributed by atoms with Gasteiger partial charge in [-0.25, -0.2) is 4.98 Å². The molecule has 1 aliphatic rings. The molecule has 0 aliphatic heterocycles. The maximum absolute atomic E-state index is 12.7. The Bertz CT molecular complexity index is 1350. The van der Waals surface area contributed by atoms with E-state index in [-0.39, 0.29) is 12.2 Å². The summed E-state index contributed by atoms with van der Waals surface area (Å²) in [5.74, 6) is 1.91. The highest BCUT2D eigenvalue weighted by molar-refractivity contribution is 5.78. The summed E-state index contributed by atoms with van der Waals surface area (Å²) in [5.41, 5.74) is 2.30. The molecule has 2 aromatic heterocycles. The van der Waals surface area contributed by atoms with Gasteiger partial charge in [-0.2, -0.15) is 13.2 Å². The van der Waals surface area contributed by atoms with Gasteiger partial charge in [0.15, 0.2) is 0 Å². The Morgan fingerprint density at radius 1 is 1.06 bits per heavy atom. The maximum Gasteiger partial charge on any atom is 0.416 e. The monoisotopic (exact) mass is 439 g/mol. The molecule has 1 fully saturated rings. The van der Waals surface area contributed by atoms with Crippen LogP contribution in [0.15, 0.2) is 65.6 Å². The van der Waals surface area contributed by atoms with Crippen molar-refractivity contribution in [3.05, 3.63) is 88.1 Å². The number of aryl methyl sites for hydroxylation is 1. The zero-order valence-corrected chi connectivity index (χ0v) is 17.3. The molecule has 0 amide bonds. The van der Waals surface area contributed by atoms with Gasteiger partial charge in [-0.3, -0.25) is 9.36 Å². The summed E-state index contributed by atoms with van der Waals surface area (Å²) in [6.07, 6.45) is -0.382. The van der Waals surface area contributed by atoms with Crippen LogP contribution in [0.25, 0.3) is 16.7 Å². The second kappa shape index (κ2) is 7.55. The SMILES string of the molecule is Cn1c(C2CC2)nc2ccc(-n3ccc(COc4ccc(C(F)(F)F)cc4)cc3=O)cc21. The number of ether oxygens (including phenoxy) is 1. The molecule has 0 spiro atoms. The Balaban J connectivity index is 1.34. The lowest BCUT2D eigenvalue weighted by Gasteiger charge is -2.10. The van der Waals surface area contributed by atoms with E-state index < -0.39 is 11.7 Å². The van der Waals surface area contributed by atoms with Gasteiger partial charge >= 0.3 is 6.18 Å². The smallest absolute Gasteiger partial charge is 0.416 e. The van der Waals surface area contributed by atoms with Gasteiger partial charge in [-0.15, -0.1) is 0 Å². The van der Waals surface area contributed by atoms with Gasteiger partial charge in [0.2, 0.25) is 0 Å². The van der Waals surface area contributed by atoms with E-state index in [0.717, 1.165) is 34.7 Å². The average molecular weight is 439 g/mol. The number of fused-ring (bicyclic) bond motifs is 1. The fourth-order valence-corrected chi connectivity index (χ4v) is 3.78. The van der Waals surface area contributed by atoms with Crippen molar-refractivity contribution in [2.45, 2.75) is 31.5 Å². The van der Waals surface area contributed by atoms with E-state index in [9.17, 15) is 18.0 Å². The van der Waals surface area contributed by atoms with E-state index in [2.05, 4.69) is 4.57 Å². The molecule has 1 saturated carbocycles. The van der Waals surface area contributed by atoms with Crippen LogP contribution in [0.2, 0.25) is 0 Å². The Morgan fingerprint density at radius 2 is 1.81 bits per heavy atom. The lowest BCUT2D eigenvalue weighted by Crippen LogP contribution is -2.17. The molecule has 0 saturated heterocycles. The van der Waals surface area contributed by atoms with Crippen molar-refractivity contribution in [1.29, 1.82) is 0 Å². The zero-order valence-electron chi connectivity index (χ0n) is 17.3. The van der Waals surface area contributed by atoms with Crippen LogP contribution in [0.4, 0.5) is 13.2 Å². The van der Waals surface area contributed by atoms with Crippen molar-refractivity contribution in [3.8, 4) is 11.4 Å². The van der Waals surface area contributed by atoms with Crippen LogP contribution in [0, 0.1) is 0 Å². The number of aromatic nitrogens is 3. The third kappa shape index (κ3) is 3.88. The Labute approximate surface area is 181 Å². The highest BCUT2D eigenvalue weighted by atomic mass is 19.4. The number of halogens is 3. The van der Waals surface area contributed by atoms with Crippen LogP contribution in [-0.2, 0) is 19.8 Å². The number of imidazole rings is 1. The van der Waals surface area contributed by atoms with Crippen LogP contribution in [0.5, 0.6) is 5.75 Å². The predicted octanol–water partition coefficient (Wildman–Crippen LogP) is 5.20. The summed E-state index contributed by atoms with van der Waals surface area (Å²) in [6.45, 7) is 0.0763. The number of alkyl halides is 3. The van der Waals surface area contributed by atoms with E-state index in [4.69, 9.17) is 9.72 Å². The first-order valence-corrected chi connectivity index (χ1v) is 10.3. The quantitative estimate of drug-likeness (QED) is 0.430. The van der Waals surface area contributed by atoms with Crippen LogP contribution in [0.1, 0.15) is 35.7 Å². The topological polar surface area (TPSA) is 49.0 Å². The van der Waals surface area contributed by atoms with Crippen molar-refractivity contribution in [2.75, 3.05) is 0 Å². The van der Waals surface area contributed by atoms with Gasteiger partial charge in [0, 0.05) is 25.2 Å². The van der Waals surface area contributed by atoms with E-state index in [0.29, 0.717) is 17.2 Å². The maximum atomic E-state index is 12.7. The number of hydrogen-bond donors (Lipinski definition) is 0. The number of hydrogen-bond acceptors (Lipinski definition) is 3. The molecular weight excluding hydrogens is 419 g/mol. The normalized spacial score (nSPS) is 14.1. The third-order valence-corrected chi connectivity index (χ3v) is 5.69. The molecule has 5 rings (SSSR count). The summed E-state index contributed by atoms with van der Waals surface area (Å²) in [7, 11) is 2.00. The second-order valence-electron chi connectivity index (χ2n) is 8.03. The minimum atomic E-state index is -4.39. The van der Waals surface area contributed by atoms with Crippen molar-refractivity contribution in [1.82, 2.24) is 14.1 Å². The molecule has 0 bridgehead atoms. The number of pyridine rings is 1. The van der Waals surface area contributed by atoms with Crippen molar-refractivity contribution < 1.29 is 17.9 Å². The minimum Gasteiger partial charge on any atom is -0.489 e. The molecule has 0 unspecified atom stereocenters. The first-order valence-electron chi connectivity index (χ1n) is 10.3. The van der Waals surface area contributed by atoms with Crippen molar-refractivity contribution >= 4 is 11.0 Å². The van der Waals surface area contributed by atoms with Gasteiger partial charge < -0.3 is 9.30 Å². The van der Waals surface area contributed by atoms with Crippen LogP contribution >= 0.6 is 0 Å². The highest BCUT2D eigenvalue weighted by Gasteiger charge is 2.30. The number of rotatable bonds is 5. The van der Waals surface area contributed by atoms with Gasteiger partial charge in [0.05, 0.1) is 22.3 Å². The summed E-state index contributed by atoms with van der Waals surface area (Å²) in [5, 5.41) is 0. The largest absolute Gasteiger partial charge is 0.489 e. The molecule has 0 atom stereocenters. The van der Waals surface area contributed by atoms with E-state index in [1.54, 1.807) is 16.8 Å². The fraction of sp³-hybridized carbons (Fsp3) is 0.250. The molecule has 2 heterocycles. The molecule has 32 heavy (non-hydrogen) atoms. The molecule has 2 aromatic carbocycles. The highest BCUT2D eigenvalue weighted by Crippen LogP contribution is 2.40. The van der Waals surface area contributed by atoms with Gasteiger partial charge in [0.25, 0.3) is 5.56 Å². The van der Waals surface area contributed by atoms with Crippen LogP contribution in [-0.4, -0.2) is 14.1 Å². The summed E-state index contributed by atoms with van der Waals surface area (Å²) < 4.78 is 47.1. The Kier molecular flexibility index (Phi) is 4.80. The van der Waals surface area contributed by atoms with E-state index in [1.807, 2.05) is 25.2 Å². The number of nitrogens with zero attached hydrogens (tertiary/aromatic N) is 3. The lowest BCUT2D eigenvalue weighted by atomic mass is 10.2. The average Bonchev–Trinajstić information content (AvgIpc) is 3.56. The van der Waals surface area contributed by atoms with Gasteiger partial charge in [-0.05, 0) is 66.9 Å². The third-order valence-electron chi connectivity index (χ3n) is 5.69. The first kappa shape index (κ1) is 20.4. The van der Waals surface area contributed by atoms with Gasteiger partial charge in [-0.1, -0.05) is 0 Å². The summed E-state index contributed by atoms with van der Waals surface area (Å²) >= 11 is 0.